The lowest BCUT2D eigenvalue weighted by molar-refractivity contribution is 0.0871. The molecule has 0 heterocycles. The fourth-order valence-electron chi connectivity index (χ4n) is 4.09. The largest absolute Gasteiger partial charge is 0.396 e. The molecule has 106 valence electrons. The van der Waals surface area contributed by atoms with Crippen molar-refractivity contribution in [2.24, 2.45) is 17.1 Å². The summed E-state index contributed by atoms with van der Waals surface area (Å²) in [6, 6.07) is 0.463. The number of nitrogens with two attached hydrogens (primary N) is 1. The summed E-state index contributed by atoms with van der Waals surface area (Å²) in [7, 11) is 0. The Kier molecular flexibility index (Phi) is 4.35. The topological polar surface area (TPSA) is 58.3 Å². The molecule has 3 unspecified atom stereocenters. The first-order valence-electron chi connectivity index (χ1n) is 7.63. The predicted molar refractivity (Wildman–Crippen MR) is 75.4 cm³/mol. The summed E-state index contributed by atoms with van der Waals surface area (Å²) in [6.07, 6.45) is 8.63. The smallest absolute Gasteiger partial charge is 0.0474 e. The average Bonchev–Trinajstić information content (AvgIpc) is 2.66. The highest BCUT2D eigenvalue weighted by Crippen LogP contribution is 2.46. The van der Waals surface area contributed by atoms with Crippen LogP contribution in [0, 0.1) is 11.3 Å². The number of rotatable bonds is 4. The van der Waals surface area contributed by atoms with Crippen molar-refractivity contribution in [1.29, 1.82) is 0 Å². The molecule has 3 atom stereocenters. The first-order chi connectivity index (χ1) is 8.54. The fourth-order valence-corrected chi connectivity index (χ4v) is 4.09. The first-order valence-corrected chi connectivity index (χ1v) is 7.63. The van der Waals surface area contributed by atoms with E-state index in [1.807, 2.05) is 0 Å². The Bertz CT molecular complexity index is 280. The Hall–Kier alpha value is -0.120. The number of hydrogen-bond acceptors (Lipinski definition) is 3. The molecule has 0 amide bonds. The summed E-state index contributed by atoms with van der Waals surface area (Å²) < 4.78 is 0. The molecule has 0 aromatic rings. The van der Waals surface area contributed by atoms with Crippen molar-refractivity contribution >= 4 is 0 Å². The summed E-state index contributed by atoms with van der Waals surface area (Å²) in [4.78, 5) is 0. The Morgan fingerprint density at radius 3 is 2.44 bits per heavy atom. The number of aliphatic hydroxyl groups is 1. The second-order valence-electron chi connectivity index (χ2n) is 7.00. The monoisotopic (exact) mass is 254 g/mol. The minimum absolute atomic E-state index is 0.0857. The van der Waals surface area contributed by atoms with E-state index >= 15 is 0 Å². The summed E-state index contributed by atoms with van der Waals surface area (Å²) in [6.45, 7) is 5.72. The van der Waals surface area contributed by atoms with Gasteiger partial charge in [-0.05, 0) is 37.0 Å². The summed E-state index contributed by atoms with van der Waals surface area (Å²) in [5, 5.41) is 13.4. The van der Waals surface area contributed by atoms with Crippen LogP contribution in [0.15, 0.2) is 0 Å². The molecule has 18 heavy (non-hydrogen) atoms. The zero-order valence-corrected chi connectivity index (χ0v) is 12.0. The number of nitrogens with one attached hydrogen (secondary N) is 1. The van der Waals surface area contributed by atoms with E-state index in [1.54, 1.807) is 0 Å². The molecule has 3 heteroatoms. The van der Waals surface area contributed by atoms with Gasteiger partial charge in [-0.3, -0.25) is 0 Å². The van der Waals surface area contributed by atoms with Crippen LogP contribution in [0.4, 0.5) is 0 Å². The third kappa shape index (κ3) is 2.45. The zero-order valence-electron chi connectivity index (χ0n) is 12.0. The second-order valence-corrected chi connectivity index (χ2v) is 7.00. The lowest BCUT2D eigenvalue weighted by Crippen LogP contribution is -2.62. The van der Waals surface area contributed by atoms with E-state index in [4.69, 9.17) is 5.73 Å². The molecule has 3 nitrogen and oxygen atoms in total. The third-order valence-electron chi connectivity index (χ3n) is 5.65. The van der Waals surface area contributed by atoms with Crippen molar-refractivity contribution in [3.05, 3.63) is 0 Å². The predicted octanol–water partition coefficient (Wildman–Crippen LogP) is 2.03. The van der Waals surface area contributed by atoms with E-state index < -0.39 is 0 Å². The Balaban J connectivity index is 2.09. The van der Waals surface area contributed by atoms with Gasteiger partial charge in [0, 0.05) is 24.7 Å². The maximum absolute atomic E-state index is 9.55. The average molecular weight is 254 g/mol. The third-order valence-corrected chi connectivity index (χ3v) is 5.65. The van der Waals surface area contributed by atoms with Crippen molar-refractivity contribution in [1.82, 2.24) is 5.32 Å². The second kappa shape index (κ2) is 5.48. The van der Waals surface area contributed by atoms with Crippen molar-refractivity contribution in [3.63, 3.8) is 0 Å². The molecular formula is C15H30N2O. The molecule has 4 N–H and O–H groups in total. The SMILES string of the molecule is CC1(C)CCCC1(CN)NC1CCCCC1CO. The van der Waals surface area contributed by atoms with Gasteiger partial charge >= 0.3 is 0 Å². The van der Waals surface area contributed by atoms with E-state index in [9.17, 15) is 5.11 Å². The van der Waals surface area contributed by atoms with Gasteiger partial charge in [-0.25, -0.2) is 0 Å². The van der Waals surface area contributed by atoms with Crippen molar-refractivity contribution in [3.8, 4) is 0 Å². The van der Waals surface area contributed by atoms with Gasteiger partial charge in [-0.1, -0.05) is 33.1 Å². The highest BCUT2D eigenvalue weighted by atomic mass is 16.3. The van der Waals surface area contributed by atoms with Crippen LogP contribution >= 0.6 is 0 Å². The van der Waals surface area contributed by atoms with E-state index in [0.717, 1.165) is 6.42 Å². The normalized spacial score (nSPS) is 40.0. The minimum Gasteiger partial charge on any atom is -0.396 e. The molecule has 0 aromatic carbocycles. The van der Waals surface area contributed by atoms with Gasteiger partial charge < -0.3 is 16.2 Å². The van der Waals surface area contributed by atoms with E-state index in [0.29, 0.717) is 25.1 Å². The number of aliphatic hydroxyl groups excluding tert-OH is 1. The Morgan fingerprint density at radius 1 is 1.17 bits per heavy atom. The van der Waals surface area contributed by atoms with Crippen LogP contribution in [0.3, 0.4) is 0 Å². The Labute approximate surface area is 112 Å². The molecule has 0 aliphatic heterocycles. The standard InChI is InChI=1S/C15H30N2O/c1-14(2)8-5-9-15(14,11-16)17-13-7-4-3-6-12(13)10-18/h12-13,17-18H,3-11,16H2,1-2H3. The summed E-state index contributed by atoms with van der Waals surface area (Å²) in [5.41, 5.74) is 6.49. The maximum Gasteiger partial charge on any atom is 0.0474 e. The van der Waals surface area contributed by atoms with E-state index in [2.05, 4.69) is 19.2 Å². The van der Waals surface area contributed by atoms with Crippen LogP contribution in [0.2, 0.25) is 0 Å². The molecule has 2 aliphatic rings. The molecule has 2 aliphatic carbocycles. The highest BCUT2D eigenvalue weighted by molar-refractivity contribution is 5.07. The van der Waals surface area contributed by atoms with Gasteiger partial charge in [0.2, 0.25) is 0 Å². The van der Waals surface area contributed by atoms with Crippen LogP contribution < -0.4 is 11.1 Å². The van der Waals surface area contributed by atoms with Gasteiger partial charge in [0.05, 0.1) is 0 Å². The molecule has 2 rings (SSSR count). The fraction of sp³-hybridized carbons (Fsp3) is 1.00. The van der Waals surface area contributed by atoms with Crippen molar-refractivity contribution in [2.45, 2.75) is 70.4 Å². The van der Waals surface area contributed by atoms with Gasteiger partial charge in [-0.2, -0.15) is 0 Å². The molecule has 0 saturated heterocycles. The van der Waals surface area contributed by atoms with Crippen LogP contribution in [-0.2, 0) is 0 Å². The van der Waals surface area contributed by atoms with Gasteiger partial charge in [0.1, 0.15) is 0 Å². The van der Waals surface area contributed by atoms with Crippen LogP contribution in [0.25, 0.3) is 0 Å². The minimum atomic E-state index is 0.0857. The number of hydrogen-bond donors (Lipinski definition) is 3. The van der Waals surface area contributed by atoms with Gasteiger partial charge in [0.25, 0.3) is 0 Å². The first kappa shape index (κ1) is 14.3. The molecule has 0 radical (unpaired) electrons. The summed E-state index contributed by atoms with van der Waals surface area (Å²) in [5.74, 6) is 0.429. The Morgan fingerprint density at radius 2 is 1.89 bits per heavy atom. The highest BCUT2D eigenvalue weighted by Gasteiger charge is 2.49. The van der Waals surface area contributed by atoms with Crippen molar-refractivity contribution < 1.29 is 5.11 Å². The molecular weight excluding hydrogens is 224 g/mol. The van der Waals surface area contributed by atoms with E-state index in [-0.39, 0.29) is 11.0 Å². The lowest BCUT2D eigenvalue weighted by atomic mass is 9.73. The molecule has 0 spiro atoms. The lowest BCUT2D eigenvalue weighted by Gasteiger charge is -2.46. The molecule has 0 aromatic heterocycles. The van der Waals surface area contributed by atoms with Crippen molar-refractivity contribution in [2.75, 3.05) is 13.2 Å². The van der Waals surface area contributed by atoms with Gasteiger partial charge in [-0.15, -0.1) is 0 Å². The van der Waals surface area contributed by atoms with E-state index in [1.165, 1.54) is 38.5 Å². The molecule has 2 saturated carbocycles. The summed E-state index contributed by atoms with van der Waals surface area (Å²) >= 11 is 0. The zero-order chi connectivity index (χ0) is 13.2. The quantitative estimate of drug-likeness (QED) is 0.719. The molecule has 2 fully saturated rings. The van der Waals surface area contributed by atoms with Crippen LogP contribution in [0.1, 0.15) is 58.8 Å². The maximum atomic E-state index is 9.55. The van der Waals surface area contributed by atoms with Crippen LogP contribution in [-0.4, -0.2) is 29.8 Å². The van der Waals surface area contributed by atoms with Crippen LogP contribution in [0.5, 0.6) is 0 Å². The molecule has 0 bridgehead atoms. The van der Waals surface area contributed by atoms with Gasteiger partial charge in [0.15, 0.2) is 0 Å².